The van der Waals surface area contributed by atoms with Crippen LogP contribution in [0.1, 0.15) is 51.5 Å². The first-order chi connectivity index (χ1) is 10.8. The lowest BCUT2D eigenvalue weighted by Gasteiger charge is -2.27. The van der Waals surface area contributed by atoms with E-state index in [1.807, 2.05) is 52.0 Å². The Labute approximate surface area is 138 Å². The van der Waals surface area contributed by atoms with Gasteiger partial charge in [0.05, 0.1) is 0 Å². The number of hydrogen-bond donors (Lipinski definition) is 2. The fourth-order valence-corrected chi connectivity index (χ4v) is 2.66. The average molecular weight is 323 g/mol. The fraction of sp³-hybridized carbons (Fsp3) is 0.611. The lowest BCUT2D eigenvalue weighted by molar-refractivity contribution is -0.144. The van der Waals surface area contributed by atoms with Crippen molar-refractivity contribution in [1.29, 1.82) is 0 Å². The molecule has 0 saturated carbocycles. The van der Waals surface area contributed by atoms with E-state index in [0.717, 1.165) is 11.1 Å². The fourth-order valence-electron chi connectivity index (χ4n) is 2.66. The third kappa shape index (κ3) is 5.94. The second-order valence-corrected chi connectivity index (χ2v) is 6.22. The highest BCUT2D eigenvalue weighted by Gasteiger charge is 2.34. The third-order valence-corrected chi connectivity index (χ3v) is 3.61. The van der Waals surface area contributed by atoms with Crippen molar-refractivity contribution in [2.24, 2.45) is 11.7 Å². The van der Waals surface area contributed by atoms with E-state index in [9.17, 15) is 9.90 Å². The Hall–Kier alpha value is -1.43. The Morgan fingerprint density at radius 1 is 1.17 bits per heavy atom. The minimum atomic E-state index is -1.24. The molecule has 1 rings (SSSR count). The summed E-state index contributed by atoms with van der Waals surface area (Å²) in [6.07, 6.45) is 0.344. The van der Waals surface area contributed by atoms with E-state index >= 15 is 0 Å². The zero-order valence-electron chi connectivity index (χ0n) is 14.5. The molecule has 0 saturated heterocycles. The highest BCUT2D eigenvalue weighted by atomic mass is 16.7. The monoisotopic (exact) mass is 323 g/mol. The molecule has 0 aliphatic carbocycles. The molecule has 0 bridgehead atoms. The molecule has 3 N–H and O–H groups in total. The number of rotatable bonds is 10. The van der Waals surface area contributed by atoms with Gasteiger partial charge in [-0.05, 0) is 31.7 Å². The molecule has 0 aliphatic rings. The molecule has 0 amide bonds. The lowest BCUT2D eigenvalue weighted by atomic mass is 9.84. The van der Waals surface area contributed by atoms with Crippen molar-refractivity contribution < 1.29 is 19.4 Å². The summed E-state index contributed by atoms with van der Waals surface area (Å²) in [5, 5.41) is 9.46. The Bertz CT molecular complexity index is 480. The predicted molar refractivity (Wildman–Crippen MR) is 90.1 cm³/mol. The number of nitrogens with two attached hydrogens (primary N) is 1. The van der Waals surface area contributed by atoms with Gasteiger partial charge in [-0.25, -0.2) is 0 Å². The second-order valence-electron chi connectivity index (χ2n) is 6.22. The van der Waals surface area contributed by atoms with Crippen LogP contribution in [-0.4, -0.2) is 29.8 Å². The Balaban J connectivity index is 2.88. The average Bonchev–Trinajstić information content (AvgIpc) is 2.47. The number of carboxylic acid groups (broad SMARTS) is 1. The van der Waals surface area contributed by atoms with E-state index in [1.54, 1.807) is 0 Å². The molecule has 5 nitrogen and oxygen atoms in total. The van der Waals surface area contributed by atoms with Crippen LogP contribution in [0.5, 0.6) is 0 Å². The summed E-state index contributed by atoms with van der Waals surface area (Å²) in [5.41, 5.74) is 6.69. The van der Waals surface area contributed by atoms with Gasteiger partial charge >= 0.3 is 5.97 Å². The molecule has 0 spiro atoms. The first kappa shape index (κ1) is 19.6. The maximum absolute atomic E-state index is 11.5. The van der Waals surface area contributed by atoms with E-state index in [4.69, 9.17) is 15.2 Å². The molecule has 23 heavy (non-hydrogen) atoms. The molecular weight excluding hydrogens is 294 g/mol. The van der Waals surface area contributed by atoms with Crippen molar-refractivity contribution in [3.8, 4) is 0 Å². The van der Waals surface area contributed by atoms with Gasteiger partial charge in [-0.3, -0.25) is 4.79 Å². The Kier molecular flexibility index (Phi) is 7.68. The van der Waals surface area contributed by atoms with Crippen LogP contribution in [0.2, 0.25) is 0 Å². The van der Waals surface area contributed by atoms with Crippen molar-refractivity contribution in [1.82, 2.24) is 0 Å². The Morgan fingerprint density at radius 3 is 2.09 bits per heavy atom. The highest BCUT2D eigenvalue weighted by Crippen LogP contribution is 2.23. The normalized spacial score (nSPS) is 14.2. The van der Waals surface area contributed by atoms with Crippen LogP contribution < -0.4 is 5.73 Å². The number of aliphatic carboxylic acids is 1. The lowest BCUT2D eigenvalue weighted by Crippen LogP contribution is -2.50. The highest BCUT2D eigenvalue weighted by molar-refractivity contribution is 5.79. The Morgan fingerprint density at radius 2 is 1.70 bits per heavy atom. The zero-order chi connectivity index (χ0) is 17.5. The summed E-state index contributed by atoms with van der Waals surface area (Å²) in [5.74, 6) is -0.743. The molecule has 1 atom stereocenters. The number of benzene rings is 1. The first-order valence-electron chi connectivity index (χ1n) is 8.16. The molecule has 0 aliphatic heterocycles. The summed E-state index contributed by atoms with van der Waals surface area (Å²) in [4.78, 5) is 11.5. The second kappa shape index (κ2) is 9.01. The standard InChI is InChI=1S/C18H29NO4/c1-5-22-16(23-6-2)15-9-7-14(8-10-15)12-18(19,17(20)21)11-13(3)4/h7-10,13,16H,5-6,11-12,19H2,1-4H3,(H,20,21)/t18-/m1/s1. The topological polar surface area (TPSA) is 81.8 Å². The van der Waals surface area contributed by atoms with E-state index in [1.165, 1.54) is 0 Å². The van der Waals surface area contributed by atoms with Crippen LogP contribution in [0.3, 0.4) is 0 Å². The van der Waals surface area contributed by atoms with Crippen LogP contribution in [0.4, 0.5) is 0 Å². The van der Waals surface area contributed by atoms with Crippen LogP contribution in [0.25, 0.3) is 0 Å². The van der Waals surface area contributed by atoms with Crippen LogP contribution >= 0.6 is 0 Å². The molecule has 0 aromatic heterocycles. The van der Waals surface area contributed by atoms with Crippen LogP contribution in [0.15, 0.2) is 24.3 Å². The van der Waals surface area contributed by atoms with Crippen molar-refractivity contribution in [3.05, 3.63) is 35.4 Å². The molecule has 0 heterocycles. The van der Waals surface area contributed by atoms with Gasteiger partial charge < -0.3 is 20.3 Å². The van der Waals surface area contributed by atoms with Crippen LogP contribution in [-0.2, 0) is 20.7 Å². The minimum Gasteiger partial charge on any atom is -0.480 e. The van der Waals surface area contributed by atoms with E-state index in [-0.39, 0.29) is 5.92 Å². The van der Waals surface area contributed by atoms with Gasteiger partial charge in [0.2, 0.25) is 0 Å². The van der Waals surface area contributed by atoms with Gasteiger partial charge in [0, 0.05) is 25.2 Å². The van der Waals surface area contributed by atoms with Crippen molar-refractivity contribution in [2.75, 3.05) is 13.2 Å². The minimum absolute atomic E-state index is 0.218. The van der Waals surface area contributed by atoms with Crippen molar-refractivity contribution in [3.63, 3.8) is 0 Å². The van der Waals surface area contributed by atoms with Gasteiger partial charge in [-0.1, -0.05) is 38.1 Å². The number of ether oxygens (including phenoxy) is 2. The first-order valence-corrected chi connectivity index (χ1v) is 8.16. The van der Waals surface area contributed by atoms with Gasteiger partial charge in [-0.2, -0.15) is 0 Å². The van der Waals surface area contributed by atoms with Gasteiger partial charge in [0.25, 0.3) is 0 Å². The van der Waals surface area contributed by atoms with Crippen molar-refractivity contribution in [2.45, 2.75) is 52.4 Å². The van der Waals surface area contributed by atoms with E-state index < -0.39 is 17.8 Å². The van der Waals surface area contributed by atoms with Gasteiger partial charge in [-0.15, -0.1) is 0 Å². The molecule has 0 fully saturated rings. The molecule has 1 aromatic carbocycles. The van der Waals surface area contributed by atoms with E-state index in [0.29, 0.717) is 26.1 Å². The molecule has 5 heteroatoms. The van der Waals surface area contributed by atoms with Gasteiger partial charge in [0.15, 0.2) is 6.29 Å². The zero-order valence-corrected chi connectivity index (χ0v) is 14.5. The quantitative estimate of drug-likeness (QED) is 0.647. The van der Waals surface area contributed by atoms with Crippen LogP contribution in [0, 0.1) is 5.92 Å². The predicted octanol–water partition coefficient (Wildman–Crippen LogP) is 3.13. The molecule has 0 radical (unpaired) electrons. The summed E-state index contributed by atoms with van der Waals surface area (Å²) in [6.45, 7) is 8.91. The smallest absolute Gasteiger partial charge is 0.324 e. The summed E-state index contributed by atoms with van der Waals surface area (Å²) >= 11 is 0. The summed E-state index contributed by atoms with van der Waals surface area (Å²) in [7, 11) is 0. The van der Waals surface area contributed by atoms with E-state index in [2.05, 4.69) is 0 Å². The maximum atomic E-state index is 11.5. The maximum Gasteiger partial charge on any atom is 0.324 e. The number of carboxylic acids is 1. The number of carbonyl (C=O) groups is 1. The summed E-state index contributed by atoms with van der Waals surface area (Å²) < 4.78 is 11.1. The number of hydrogen-bond acceptors (Lipinski definition) is 4. The molecule has 0 unspecified atom stereocenters. The van der Waals surface area contributed by atoms with Gasteiger partial charge in [0.1, 0.15) is 5.54 Å². The molecular formula is C18H29NO4. The molecule has 130 valence electrons. The van der Waals surface area contributed by atoms with Crippen molar-refractivity contribution >= 4 is 5.97 Å². The summed E-state index contributed by atoms with van der Waals surface area (Å²) in [6, 6.07) is 7.60. The third-order valence-electron chi connectivity index (χ3n) is 3.61. The largest absolute Gasteiger partial charge is 0.480 e. The molecule has 1 aromatic rings. The SMILES string of the molecule is CCOC(OCC)c1ccc(C[C@](N)(CC(C)C)C(=O)O)cc1.